The summed E-state index contributed by atoms with van der Waals surface area (Å²) in [5, 5.41) is 0. The zero-order valence-corrected chi connectivity index (χ0v) is 11.7. The molecule has 0 saturated heterocycles. The molecule has 2 nitrogen and oxygen atoms in total. The summed E-state index contributed by atoms with van der Waals surface area (Å²) in [7, 11) is 0. The van der Waals surface area contributed by atoms with Crippen molar-refractivity contribution in [2.24, 2.45) is 0 Å². The normalized spacial score (nSPS) is 16.4. The van der Waals surface area contributed by atoms with Crippen LogP contribution < -0.4 is 0 Å². The topological polar surface area (TPSA) is 6.48 Å². The van der Waals surface area contributed by atoms with Crippen molar-refractivity contribution in [3.05, 3.63) is 11.5 Å². The molecule has 0 fully saturated rings. The van der Waals surface area contributed by atoms with Crippen molar-refractivity contribution >= 4 is 0 Å². The standard InChI is InChI=1S/C8F18N2/c9-1(4(13,14)28(7(21,22)23)8(24,25)26)2(3(10,11)12)27(5(15,16)17)6(18,19)20/b2-1-. The maximum atomic E-state index is 13.3. The average Bonchev–Trinajstić information content (AvgIpc) is 2.25. The molecule has 0 aliphatic carbocycles. The van der Waals surface area contributed by atoms with Gasteiger partial charge in [-0.15, -0.1) is 26.3 Å². The van der Waals surface area contributed by atoms with E-state index in [9.17, 15) is 79.0 Å². The highest BCUT2D eigenvalue weighted by molar-refractivity contribution is 5.20. The third-order valence-electron chi connectivity index (χ3n) is 2.26. The SMILES string of the molecule is F/C(=C(\N(C(F)(F)F)C(F)(F)F)C(F)(F)F)C(F)(F)N(C(F)(F)F)C(F)(F)F. The van der Waals surface area contributed by atoms with Crippen LogP contribution in [0, 0.1) is 0 Å². The van der Waals surface area contributed by atoms with E-state index >= 15 is 0 Å². The van der Waals surface area contributed by atoms with Gasteiger partial charge < -0.3 is 0 Å². The number of nitrogens with zero attached hydrogens (tertiary/aromatic N) is 2. The number of allylic oxidation sites excluding steroid dienone is 1. The molecular formula is C8F18N2. The first-order valence-electron chi connectivity index (χ1n) is 5.49. The van der Waals surface area contributed by atoms with E-state index in [1.165, 1.54) is 0 Å². The molecule has 0 radical (unpaired) electrons. The lowest BCUT2D eigenvalue weighted by molar-refractivity contribution is -0.435. The van der Waals surface area contributed by atoms with Gasteiger partial charge in [-0.2, -0.15) is 53.2 Å². The Kier molecular flexibility index (Phi) is 6.50. The Morgan fingerprint density at radius 2 is 0.750 bits per heavy atom. The summed E-state index contributed by atoms with van der Waals surface area (Å²) in [5.41, 5.74) is -5.20. The maximum absolute atomic E-state index is 13.3. The van der Waals surface area contributed by atoms with Crippen molar-refractivity contribution in [2.45, 2.75) is 37.4 Å². The van der Waals surface area contributed by atoms with Crippen molar-refractivity contribution < 1.29 is 79.0 Å². The Labute approximate surface area is 139 Å². The molecule has 0 rings (SSSR count). The minimum atomic E-state index is -7.73. The number of halogens is 18. The van der Waals surface area contributed by atoms with Gasteiger partial charge in [0.2, 0.25) is 5.83 Å². The van der Waals surface area contributed by atoms with Gasteiger partial charge >= 0.3 is 37.4 Å². The number of alkyl halides is 17. The van der Waals surface area contributed by atoms with E-state index in [2.05, 4.69) is 0 Å². The molecular weight excluding hydrogens is 466 g/mol. The molecule has 0 unspecified atom stereocenters. The molecule has 0 aromatic carbocycles. The molecule has 0 bridgehead atoms. The first kappa shape index (κ1) is 26.2. The Morgan fingerprint density at radius 3 is 0.929 bits per heavy atom. The molecule has 0 aliphatic heterocycles. The molecule has 168 valence electrons. The van der Waals surface area contributed by atoms with Crippen LogP contribution in [0.3, 0.4) is 0 Å². The molecule has 28 heavy (non-hydrogen) atoms. The summed E-state index contributed by atoms with van der Waals surface area (Å²) in [6.07, 6.45) is -37.4. The maximum Gasteiger partial charge on any atom is 0.491 e. The highest BCUT2D eigenvalue weighted by Gasteiger charge is 2.71. The van der Waals surface area contributed by atoms with E-state index in [0.29, 0.717) is 0 Å². The second-order valence-electron chi connectivity index (χ2n) is 4.24. The fourth-order valence-electron chi connectivity index (χ4n) is 1.45. The van der Waals surface area contributed by atoms with E-state index < -0.39 is 58.7 Å². The van der Waals surface area contributed by atoms with Crippen molar-refractivity contribution in [3.8, 4) is 0 Å². The van der Waals surface area contributed by atoms with Gasteiger partial charge in [0.25, 0.3) is 0 Å². The van der Waals surface area contributed by atoms with Crippen LogP contribution in [0.5, 0.6) is 0 Å². The van der Waals surface area contributed by atoms with Crippen molar-refractivity contribution in [3.63, 3.8) is 0 Å². The van der Waals surface area contributed by atoms with Crippen LogP contribution in [0.25, 0.3) is 0 Å². The van der Waals surface area contributed by atoms with Crippen molar-refractivity contribution in [1.82, 2.24) is 9.80 Å². The van der Waals surface area contributed by atoms with Gasteiger partial charge in [0.1, 0.15) is 0 Å². The molecule has 0 amide bonds. The molecule has 0 aliphatic rings. The fourth-order valence-corrected chi connectivity index (χ4v) is 1.45. The number of rotatable bonds is 3. The zero-order valence-electron chi connectivity index (χ0n) is 11.7. The van der Waals surface area contributed by atoms with Crippen LogP contribution >= 0.6 is 0 Å². The number of hydrogen-bond acceptors (Lipinski definition) is 2. The molecule has 0 aromatic heterocycles. The molecule has 0 saturated carbocycles. The highest BCUT2D eigenvalue weighted by Crippen LogP contribution is 2.51. The van der Waals surface area contributed by atoms with Gasteiger partial charge in [0, 0.05) is 0 Å². The largest absolute Gasteiger partial charge is 0.491 e. The van der Waals surface area contributed by atoms with Gasteiger partial charge in [-0.05, 0) is 0 Å². The average molecular weight is 466 g/mol. The molecule has 0 heterocycles. The van der Waals surface area contributed by atoms with E-state index in [0.717, 1.165) is 0 Å². The van der Waals surface area contributed by atoms with Crippen LogP contribution in [0.2, 0.25) is 0 Å². The molecule has 0 aromatic rings. The Hall–Kier alpha value is -1.76. The quantitative estimate of drug-likeness (QED) is 0.372. The van der Waals surface area contributed by atoms with Crippen LogP contribution in [0.4, 0.5) is 79.0 Å². The van der Waals surface area contributed by atoms with E-state index in [1.807, 2.05) is 0 Å². The van der Waals surface area contributed by atoms with Gasteiger partial charge in [0.05, 0.1) is 0 Å². The molecule has 20 heteroatoms. The second kappa shape index (κ2) is 6.94. The second-order valence-corrected chi connectivity index (χ2v) is 4.24. The highest BCUT2D eigenvalue weighted by atomic mass is 19.4. The van der Waals surface area contributed by atoms with Gasteiger partial charge in [0.15, 0.2) is 5.70 Å². The summed E-state index contributed by atoms with van der Waals surface area (Å²) in [6, 6.07) is -7.73. The lowest BCUT2D eigenvalue weighted by Crippen LogP contribution is -2.59. The minimum absolute atomic E-state index is 4.05. The van der Waals surface area contributed by atoms with Gasteiger partial charge in [-0.25, -0.2) is 4.39 Å². The monoisotopic (exact) mass is 466 g/mol. The summed E-state index contributed by atoms with van der Waals surface area (Å²) in [6.45, 7) is 0. The first-order valence-corrected chi connectivity index (χ1v) is 5.49. The van der Waals surface area contributed by atoms with Crippen LogP contribution in [-0.4, -0.2) is 47.2 Å². The zero-order chi connectivity index (χ0) is 23.3. The van der Waals surface area contributed by atoms with Gasteiger partial charge in [-0.3, -0.25) is 0 Å². The predicted molar refractivity (Wildman–Crippen MR) is 47.0 cm³/mol. The Morgan fingerprint density at radius 1 is 0.464 bits per heavy atom. The summed E-state index contributed by atoms with van der Waals surface area (Å²) >= 11 is 0. The van der Waals surface area contributed by atoms with Crippen LogP contribution in [0.15, 0.2) is 11.5 Å². The molecule has 0 atom stereocenters. The third-order valence-corrected chi connectivity index (χ3v) is 2.26. The Bertz CT molecular complexity index is 553. The van der Waals surface area contributed by atoms with Crippen LogP contribution in [0.1, 0.15) is 0 Å². The van der Waals surface area contributed by atoms with E-state index in [4.69, 9.17) is 0 Å². The summed E-state index contributed by atoms with van der Waals surface area (Å²) < 4.78 is 223. The third kappa shape index (κ3) is 5.63. The predicted octanol–water partition coefficient (Wildman–Crippen LogP) is 6.01. The fraction of sp³-hybridized carbons (Fsp3) is 0.750. The minimum Gasteiger partial charge on any atom is -0.201 e. The summed E-state index contributed by atoms with van der Waals surface area (Å²) in [4.78, 5) is -8.30. The van der Waals surface area contributed by atoms with E-state index in [1.54, 1.807) is 0 Å². The van der Waals surface area contributed by atoms with Crippen LogP contribution in [-0.2, 0) is 0 Å². The van der Waals surface area contributed by atoms with E-state index in [-0.39, 0.29) is 0 Å². The number of hydrogen-bond donors (Lipinski definition) is 0. The molecule has 0 N–H and O–H groups in total. The smallest absolute Gasteiger partial charge is 0.201 e. The Balaban J connectivity index is 7.19. The summed E-state index contributed by atoms with van der Waals surface area (Å²) in [5.74, 6) is -5.37. The first-order chi connectivity index (χ1) is 11.8. The lowest BCUT2D eigenvalue weighted by atomic mass is 10.2. The molecule has 0 spiro atoms. The van der Waals surface area contributed by atoms with Crippen molar-refractivity contribution in [1.29, 1.82) is 0 Å². The van der Waals surface area contributed by atoms with Gasteiger partial charge in [-0.1, -0.05) is 4.90 Å². The van der Waals surface area contributed by atoms with Crippen molar-refractivity contribution in [2.75, 3.05) is 0 Å². The lowest BCUT2D eigenvalue weighted by Gasteiger charge is -2.36.